The number of carbonyl (C=O) groups is 1. The zero-order valence-electron chi connectivity index (χ0n) is 9.39. The van der Waals surface area contributed by atoms with Crippen molar-refractivity contribution in [2.75, 3.05) is 11.9 Å². The van der Waals surface area contributed by atoms with Gasteiger partial charge in [-0.2, -0.15) is 0 Å². The number of nitrogens with one attached hydrogen (secondary N) is 2. The molecule has 0 aliphatic heterocycles. The van der Waals surface area contributed by atoms with Crippen LogP contribution in [0, 0.1) is 0 Å². The lowest BCUT2D eigenvalue weighted by atomic mass is 10.4. The topological polar surface area (TPSA) is 58.4 Å². The van der Waals surface area contributed by atoms with Gasteiger partial charge in [0.2, 0.25) is 5.91 Å². The number of hydrogen-bond acceptors (Lipinski definition) is 3. The molecular formula is C12H14N4O. The van der Waals surface area contributed by atoms with Crippen molar-refractivity contribution < 1.29 is 4.79 Å². The molecule has 0 radical (unpaired) electrons. The van der Waals surface area contributed by atoms with E-state index >= 15 is 0 Å². The van der Waals surface area contributed by atoms with Crippen LogP contribution in [-0.4, -0.2) is 27.9 Å². The van der Waals surface area contributed by atoms with E-state index in [2.05, 4.69) is 15.6 Å². The lowest BCUT2D eigenvalue weighted by Gasteiger charge is -2.08. The molecule has 2 aromatic rings. The summed E-state index contributed by atoms with van der Waals surface area (Å²) in [7, 11) is 0. The number of hydrogen-bond donors (Lipinski definition) is 2. The van der Waals surface area contributed by atoms with E-state index in [4.69, 9.17) is 0 Å². The average molecular weight is 230 g/mol. The minimum absolute atomic E-state index is 0.0459. The molecule has 5 heteroatoms. The quantitative estimate of drug-likeness (QED) is 0.824. The molecule has 0 aromatic carbocycles. The highest BCUT2D eigenvalue weighted by molar-refractivity contribution is 5.81. The highest BCUT2D eigenvalue weighted by Crippen LogP contribution is 2.18. The fourth-order valence-corrected chi connectivity index (χ4v) is 1.77. The molecule has 1 amide bonds. The molecule has 5 nitrogen and oxygen atoms in total. The van der Waals surface area contributed by atoms with Crippen LogP contribution >= 0.6 is 0 Å². The molecule has 0 atom stereocenters. The smallest absolute Gasteiger partial charge is 0.239 e. The lowest BCUT2D eigenvalue weighted by molar-refractivity contribution is -0.119. The van der Waals surface area contributed by atoms with Crippen molar-refractivity contribution in [1.29, 1.82) is 0 Å². The summed E-state index contributed by atoms with van der Waals surface area (Å²) in [4.78, 5) is 15.7. The van der Waals surface area contributed by atoms with Crippen LogP contribution in [0.3, 0.4) is 0 Å². The first-order valence-electron chi connectivity index (χ1n) is 5.78. The van der Waals surface area contributed by atoms with Gasteiger partial charge in [0.15, 0.2) is 0 Å². The van der Waals surface area contributed by atoms with Crippen molar-refractivity contribution in [3.8, 4) is 0 Å². The van der Waals surface area contributed by atoms with Gasteiger partial charge in [0.05, 0.1) is 6.54 Å². The van der Waals surface area contributed by atoms with Crippen LogP contribution in [0.25, 0.3) is 5.65 Å². The Bertz CT molecular complexity index is 544. The van der Waals surface area contributed by atoms with Crippen LogP contribution in [-0.2, 0) is 4.79 Å². The molecule has 2 aromatic heterocycles. The molecule has 1 aliphatic rings. The summed E-state index contributed by atoms with van der Waals surface area (Å²) in [5.74, 6) is 0.926. The number of fused-ring (bicyclic) bond motifs is 1. The zero-order valence-corrected chi connectivity index (χ0v) is 9.39. The second-order valence-corrected chi connectivity index (χ2v) is 4.26. The van der Waals surface area contributed by atoms with Crippen LogP contribution in [0.15, 0.2) is 30.6 Å². The summed E-state index contributed by atoms with van der Waals surface area (Å²) < 4.78 is 1.92. The van der Waals surface area contributed by atoms with E-state index in [0.29, 0.717) is 12.6 Å². The van der Waals surface area contributed by atoms with E-state index in [1.807, 2.05) is 28.8 Å². The molecule has 2 heterocycles. The van der Waals surface area contributed by atoms with Gasteiger partial charge < -0.3 is 10.6 Å². The fourth-order valence-electron chi connectivity index (χ4n) is 1.77. The number of anilines is 1. The molecule has 1 saturated carbocycles. The lowest BCUT2D eigenvalue weighted by Crippen LogP contribution is -2.31. The van der Waals surface area contributed by atoms with Crippen LogP contribution in [0.1, 0.15) is 12.8 Å². The predicted molar refractivity (Wildman–Crippen MR) is 64.8 cm³/mol. The van der Waals surface area contributed by atoms with Crippen LogP contribution in [0.4, 0.5) is 5.82 Å². The van der Waals surface area contributed by atoms with Crippen LogP contribution in [0.2, 0.25) is 0 Å². The highest BCUT2D eigenvalue weighted by atomic mass is 16.2. The number of aromatic nitrogens is 2. The fraction of sp³-hybridized carbons (Fsp3) is 0.333. The number of amides is 1. The summed E-state index contributed by atoms with van der Waals surface area (Å²) in [5, 5.41) is 6.06. The van der Waals surface area contributed by atoms with Crippen molar-refractivity contribution in [1.82, 2.24) is 14.7 Å². The summed E-state index contributed by atoms with van der Waals surface area (Å²) in [6, 6.07) is 6.19. The molecule has 88 valence electrons. The first kappa shape index (κ1) is 10.1. The van der Waals surface area contributed by atoms with E-state index in [-0.39, 0.29) is 5.91 Å². The number of carbonyl (C=O) groups excluding carboxylic acids is 1. The highest BCUT2D eigenvalue weighted by Gasteiger charge is 2.22. The van der Waals surface area contributed by atoms with E-state index in [1.54, 1.807) is 6.20 Å². The van der Waals surface area contributed by atoms with Crippen LogP contribution in [0.5, 0.6) is 0 Å². The predicted octanol–water partition coefficient (Wildman–Crippen LogP) is 1.02. The van der Waals surface area contributed by atoms with Crippen molar-refractivity contribution in [2.45, 2.75) is 18.9 Å². The number of rotatable bonds is 4. The maximum absolute atomic E-state index is 11.5. The normalized spacial score (nSPS) is 14.8. The van der Waals surface area contributed by atoms with Crippen molar-refractivity contribution in [3.05, 3.63) is 30.6 Å². The molecule has 1 aliphatic carbocycles. The average Bonchev–Trinajstić information content (AvgIpc) is 3.00. The first-order valence-corrected chi connectivity index (χ1v) is 5.78. The molecule has 0 spiro atoms. The second-order valence-electron chi connectivity index (χ2n) is 4.26. The molecule has 0 saturated heterocycles. The number of pyridine rings is 1. The summed E-state index contributed by atoms with van der Waals surface area (Å²) >= 11 is 0. The maximum atomic E-state index is 11.5. The first-order chi connectivity index (χ1) is 8.33. The molecule has 0 unspecified atom stereocenters. The Kier molecular flexibility index (Phi) is 2.44. The van der Waals surface area contributed by atoms with Crippen molar-refractivity contribution in [3.63, 3.8) is 0 Å². The van der Waals surface area contributed by atoms with Gasteiger partial charge in [-0.1, -0.05) is 6.07 Å². The second kappa shape index (κ2) is 4.08. The van der Waals surface area contributed by atoms with E-state index < -0.39 is 0 Å². The van der Waals surface area contributed by atoms with Gasteiger partial charge in [-0.3, -0.25) is 9.20 Å². The van der Waals surface area contributed by atoms with Gasteiger partial charge in [-0.05, 0) is 25.0 Å². The SMILES string of the molecule is O=C(CNc1cccc2nccn12)NC1CC1. The Morgan fingerprint density at radius 3 is 3.18 bits per heavy atom. The molecule has 2 N–H and O–H groups in total. The molecule has 1 fully saturated rings. The Morgan fingerprint density at radius 1 is 1.47 bits per heavy atom. The Labute approximate surface area is 98.8 Å². The van der Waals surface area contributed by atoms with Gasteiger partial charge in [-0.15, -0.1) is 0 Å². The monoisotopic (exact) mass is 230 g/mol. The summed E-state index contributed by atoms with van der Waals surface area (Å²) in [6.07, 6.45) is 5.84. The standard InChI is InChI=1S/C12H14N4O/c17-12(15-9-4-5-9)8-14-11-3-1-2-10-13-6-7-16(10)11/h1-3,6-7,9,14H,4-5,8H2,(H,15,17). The van der Waals surface area contributed by atoms with E-state index in [1.165, 1.54) is 0 Å². The minimum Gasteiger partial charge on any atom is -0.362 e. The van der Waals surface area contributed by atoms with E-state index in [0.717, 1.165) is 24.3 Å². The largest absolute Gasteiger partial charge is 0.362 e. The minimum atomic E-state index is 0.0459. The van der Waals surface area contributed by atoms with Gasteiger partial charge in [-0.25, -0.2) is 4.98 Å². The Morgan fingerprint density at radius 2 is 2.35 bits per heavy atom. The third kappa shape index (κ3) is 2.22. The molecule has 0 bridgehead atoms. The molecule has 3 rings (SSSR count). The third-order valence-electron chi connectivity index (χ3n) is 2.80. The maximum Gasteiger partial charge on any atom is 0.239 e. The summed E-state index contributed by atoms with van der Waals surface area (Å²) in [5.41, 5.74) is 0.873. The number of imidazole rings is 1. The summed E-state index contributed by atoms with van der Waals surface area (Å²) in [6.45, 7) is 0.299. The van der Waals surface area contributed by atoms with Crippen molar-refractivity contribution >= 4 is 17.4 Å². The van der Waals surface area contributed by atoms with Gasteiger partial charge in [0.1, 0.15) is 11.5 Å². The van der Waals surface area contributed by atoms with Crippen LogP contribution < -0.4 is 10.6 Å². The molecule has 17 heavy (non-hydrogen) atoms. The number of nitrogens with zero attached hydrogens (tertiary/aromatic N) is 2. The van der Waals surface area contributed by atoms with Crippen molar-refractivity contribution in [2.24, 2.45) is 0 Å². The van der Waals surface area contributed by atoms with Gasteiger partial charge in [0.25, 0.3) is 0 Å². The van der Waals surface area contributed by atoms with Gasteiger partial charge >= 0.3 is 0 Å². The third-order valence-corrected chi connectivity index (χ3v) is 2.80. The van der Waals surface area contributed by atoms with E-state index in [9.17, 15) is 4.79 Å². The Hall–Kier alpha value is -2.04. The molecular weight excluding hydrogens is 216 g/mol. The van der Waals surface area contributed by atoms with Gasteiger partial charge in [0, 0.05) is 18.4 Å². The Balaban J connectivity index is 1.67. The zero-order chi connectivity index (χ0) is 11.7.